The van der Waals surface area contributed by atoms with Crippen molar-refractivity contribution in [1.82, 2.24) is 30.0 Å². The van der Waals surface area contributed by atoms with E-state index in [2.05, 4.69) is 51.8 Å². The summed E-state index contributed by atoms with van der Waals surface area (Å²) in [5, 5.41) is 14.5. The van der Waals surface area contributed by atoms with E-state index in [1.54, 1.807) is 11.6 Å². The molecule has 9 heteroatoms. The van der Waals surface area contributed by atoms with Gasteiger partial charge in [0.15, 0.2) is 6.04 Å². The van der Waals surface area contributed by atoms with Gasteiger partial charge in [0.05, 0.1) is 12.6 Å². The van der Waals surface area contributed by atoms with Gasteiger partial charge in [0, 0.05) is 23.2 Å². The predicted molar refractivity (Wildman–Crippen MR) is 149 cm³/mol. The molecule has 0 amide bonds. The van der Waals surface area contributed by atoms with Gasteiger partial charge in [-0.15, -0.1) is 10.2 Å². The maximum atomic E-state index is 13.8. The van der Waals surface area contributed by atoms with E-state index in [1.165, 1.54) is 0 Å². The Bertz CT molecular complexity index is 1520. The van der Waals surface area contributed by atoms with E-state index < -0.39 is 6.04 Å². The Morgan fingerprint density at radius 2 is 1.77 bits per heavy atom. The van der Waals surface area contributed by atoms with E-state index in [4.69, 9.17) is 4.74 Å². The van der Waals surface area contributed by atoms with Crippen LogP contribution in [0.2, 0.25) is 0 Å². The first kappa shape index (κ1) is 26.3. The van der Waals surface area contributed by atoms with Crippen molar-refractivity contribution < 1.29 is 9.53 Å². The molecule has 1 N–H and O–H groups in total. The van der Waals surface area contributed by atoms with E-state index in [0.717, 1.165) is 59.2 Å². The Kier molecular flexibility index (Phi) is 7.86. The van der Waals surface area contributed by atoms with Crippen LogP contribution < -0.4 is 5.56 Å². The fraction of sp³-hybridized carbons (Fsp3) is 0.367. The Hall–Kier alpha value is -4.27. The zero-order valence-electron chi connectivity index (χ0n) is 22.6. The van der Waals surface area contributed by atoms with Gasteiger partial charge in [-0.2, -0.15) is 5.21 Å². The van der Waals surface area contributed by atoms with Gasteiger partial charge in [-0.1, -0.05) is 80.4 Å². The smallest absolute Gasteiger partial charge is 0.334 e. The highest BCUT2D eigenvalue weighted by molar-refractivity contribution is 5.80. The molecule has 4 aromatic rings. The normalized spacial score (nSPS) is 16.3. The number of allylic oxidation sites excluding steroid dienone is 1. The summed E-state index contributed by atoms with van der Waals surface area (Å²) < 4.78 is 9.00. The number of fused-ring (bicyclic) bond motifs is 1. The SMILES string of the molecule is CCCCCc1c(Cc2ccc(-c3ccccc3-c3nn[nH]n3)cc2)c(=O)n2n1C(C(=O)OCC)C=CC2C. The van der Waals surface area contributed by atoms with E-state index in [0.29, 0.717) is 18.9 Å². The molecule has 2 unspecified atom stereocenters. The fourth-order valence-corrected chi connectivity index (χ4v) is 5.34. The summed E-state index contributed by atoms with van der Waals surface area (Å²) in [4.78, 5) is 26.7. The summed E-state index contributed by atoms with van der Waals surface area (Å²) in [6.07, 6.45) is 8.09. The van der Waals surface area contributed by atoms with Crippen molar-refractivity contribution in [2.75, 3.05) is 6.61 Å². The maximum Gasteiger partial charge on any atom is 0.334 e. The second kappa shape index (κ2) is 11.6. The molecule has 2 atom stereocenters. The van der Waals surface area contributed by atoms with Gasteiger partial charge in [-0.3, -0.25) is 9.48 Å². The number of carbonyl (C=O) groups excluding carboxylic acids is 1. The third kappa shape index (κ3) is 5.21. The number of carbonyl (C=O) groups is 1. The van der Waals surface area contributed by atoms with Gasteiger partial charge in [0.1, 0.15) is 0 Å². The minimum atomic E-state index is -0.636. The molecule has 0 saturated carbocycles. The summed E-state index contributed by atoms with van der Waals surface area (Å²) in [5.41, 5.74) is 5.57. The lowest BCUT2D eigenvalue weighted by Crippen LogP contribution is -2.35. The van der Waals surface area contributed by atoms with Crippen LogP contribution in [-0.4, -0.2) is 42.6 Å². The number of hydrogen-bond donors (Lipinski definition) is 1. The molecule has 0 spiro atoms. The molecular weight excluding hydrogens is 492 g/mol. The minimum Gasteiger partial charge on any atom is -0.464 e. The standard InChI is InChI=1S/C30H34N6O3/c1-4-6-7-12-26-25(29(37)35-20(3)13-18-27(36(26)35)30(38)39-5-2)19-21-14-16-22(17-15-21)23-10-8-9-11-24(23)28-31-33-34-32-28/h8-11,13-18,20,27H,4-7,12,19H2,1-3H3,(H,31,32,33,34). The van der Waals surface area contributed by atoms with Gasteiger partial charge in [-0.25, -0.2) is 9.48 Å². The van der Waals surface area contributed by atoms with Crippen molar-refractivity contribution in [2.24, 2.45) is 0 Å². The number of ether oxygens (including phenoxy) is 1. The summed E-state index contributed by atoms with van der Waals surface area (Å²) in [5.74, 6) is 0.204. The molecule has 9 nitrogen and oxygen atoms in total. The van der Waals surface area contributed by atoms with Gasteiger partial charge >= 0.3 is 5.97 Å². The number of rotatable bonds is 10. The molecule has 202 valence electrons. The van der Waals surface area contributed by atoms with E-state index in [-0.39, 0.29) is 17.6 Å². The number of H-pyrrole nitrogens is 1. The molecule has 0 radical (unpaired) electrons. The molecule has 5 rings (SSSR count). The lowest BCUT2D eigenvalue weighted by atomic mass is 9.96. The number of nitrogens with zero attached hydrogens (tertiary/aromatic N) is 5. The average molecular weight is 527 g/mol. The third-order valence-corrected chi connectivity index (χ3v) is 7.25. The first-order valence-electron chi connectivity index (χ1n) is 13.6. The van der Waals surface area contributed by atoms with Gasteiger partial charge in [0.25, 0.3) is 5.56 Å². The summed E-state index contributed by atoms with van der Waals surface area (Å²) >= 11 is 0. The molecule has 2 aromatic carbocycles. The van der Waals surface area contributed by atoms with Crippen LogP contribution in [-0.2, 0) is 22.4 Å². The zero-order chi connectivity index (χ0) is 27.4. The maximum absolute atomic E-state index is 13.8. The number of benzene rings is 2. The zero-order valence-corrected chi connectivity index (χ0v) is 22.6. The van der Waals surface area contributed by atoms with Crippen molar-refractivity contribution in [3.63, 3.8) is 0 Å². The lowest BCUT2D eigenvalue weighted by molar-refractivity contribution is -0.146. The fourth-order valence-electron chi connectivity index (χ4n) is 5.34. The second-order valence-corrected chi connectivity index (χ2v) is 9.85. The Labute approximate surface area is 227 Å². The topological polar surface area (TPSA) is 108 Å². The lowest BCUT2D eigenvalue weighted by Gasteiger charge is -2.27. The molecule has 1 aliphatic heterocycles. The number of aromatic amines is 1. The largest absolute Gasteiger partial charge is 0.464 e. The summed E-state index contributed by atoms with van der Waals surface area (Å²) in [6.45, 7) is 6.23. The molecule has 3 heterocycles. The van der Waals surface area contributed by atoms with E-state index in [1.807, 2.05) is 48.0 Å². The number of nitrogens with one attached hydrogen (secondary N) is 1. The minimum absolute atomic E-state index is 0.0424. The first-order chi connectivity index (χ1) is 19.0. The first-order valence-corrected chi connectivity index (χ1v) is 13.6. The molecule has 0 fully saturated rings. The van der Waals surface area contributed by atoms with Crippen molar-refractivity contribution in [2.45, 2.75) is 65.0 Å². The Balaban J connectivity index is 1.51. The summed E-state index contributed by atoms with van der Waals surface area (Å²) in [6, 6.07) is 15.4. The van der Waals surface area contributed by atoms with Gasteiger partial charge < -0.3 is 4.74 Å². The Morgan fingerprint density at radius 1 is 1.00 bits per heavy atom. The second-order valence-electron chi connectivity index (χ2n) is 9.85. The number of esters is 1. The third-order valence-electron chi connectivity index (χ3n) is 7.25. The van der Waals surface area contributed by atoms with Crippen LogP contribution in [0.4, 0.5) is 0 Å². The number of hydrogen-bond acceptors (Lipinski definition) is 6. The molecule has 0 saturated heterocycles. The monoisotopic (exact) mass is 526 g/mol. The highest BCUT2D eigenvalue weighted by atomic mass is 16.5. The highest BCUT2D eigenvalue weighted by Gasteiger charge is 2.32. The van der Waals surface area contributed by atoms with Crippen LogP contribution >= 0.6 is 0 Å². The molecular formula is C30H34N6O3. The number of unbranched alkanes of at least 4 members (excludes halogenated alkanes) is 2. The van der Waals surface area contributed by atoms with Gasteiger partial charge in [0.2, 0.25) is 5.82 Å². The van der Waals surface area contributed by atoms with Crippen LogP contribution in [0.15, 0.2) is 65.5 Å². The van der Waals surface area contributed by atoms with Gasteiger partial charge in [-0.05, 0) is 48.6 Å². The molecule has 2 aromatic heterocycles. The Morgan fingerprint density at radius 3 is 2.46 bits per heavy atom. The van der Waals surface area contributed by atoms with E-state index in [9.17, 15) is 9.59 Å². The summed E-state index contributed by atoms with van der Waals surface area (Å²) in [7, 11) is 0. The number of aromatic nitrogens is 6. The van der Waals surface area contributed by atoms with Crippen LogP contribution in [0.5, 0.6) is 0 Å². The molecule has 0 bridgehead atoms. The molecule has 1 aliphatic rings. The van der Waals surface area contributed by atoms with Crippen LogP contribution in [0.3, 0.4) is 0 Å². The quantitative estimate of drug-likeness (QED) is 0.176. The number of tetrazole rings is 1. The van der Waals surface area contributed by atoms with E-state index >= 15 is 0 Å². The predicted octanol–water partition coefficient (Wildman–Crippen LogP) is 5.06. The average Bonchev–Trinajstić information content (AvgIpc) is 3.58. The van der Waals surface area contributed by atoms with Crippen LogP contribution in [0.25, 0.3) is 22.5 Å². The van der Waals surface area contributed by atoms with Crippen LogP contribution in [0.1, 0.15) is 68.9 Å². The van der Waals surface area contributed by atoms with Crippen molar-refractivity contribution in [3.8, 4) is 22.5 Å². The van der Waals surface area contributed by atoms with Crippen molar-refractivity contribution in [3.05, 3.63) is 87.9 Å². The highest BCUT2D eigenvalue weighted by Crippen LogP contribution is 2.31. The molecule has 0 aliphatic carbocycles. The molecule has 39 heavy (non-hydrogen) atoms. The van der Waals surface area contributed by atoms with Crippen LogP contribution in [0, 0.1) is 0 Å². The van der Waals surface area contributed by atoms with Crippen molar-refractivity contribution >= 4 is 5.97 Å². The van der Waals surface area contributed by atoms with Crippen molar-refractivity contribution in [1.29, 1.82) is 0 Å².